The first-order chi connectivity index (χ1) is 15.6. The van der Waals surface area contributed by atoms with E-state index in [2.05, 4.69) is 0 Å². The Bertz CT molecular complexity index is 1350. The third-order valence-electron chi connectivity index (χ3n) is 5.71. The second kappa shape index (κ2) is 8.90. The molecule has 0 saturated carbocycles. The van der Waals surface area contributed by atoms with Crippen molar-refractivity contribution in [2.45, 2.75) is 32.4 Å². The minimum absolute atomic E-state index is 0.0320. The van der Waals surface area contributed by atoms with Gasteiger partial charge in [0.05, 0.1) is 16.9 Å². The zero-order chi connectivity index (χ0) is 23.8. The number of rotatable bonds is 6. The fraction of sp³-hybridized carbons (Fsp3) is 0.333. The van der Waals surface area contributed by atoms with Crippen molar-refractivity contribution in [2.24, 2.45) is 0 Å². The number of benzene rings is 2. The second-order valence-electron chi connectivity index (χ2n) is 8.16. The molecule has 1 aromatic heterocycles. The van der Waals surface area contributed by atoms with Gasteiger partial charge in [0.15, 0.2) is 15.9 Å². The molecule has 0 radical (unpaired) electrons. The number of sulfone groups is 1. The number of hydrogen-bond donors (Lipinski definition) is 0. The summed E-state index contributed by atoms with van der Waals surface area (Å²) in [5.74, 6) is 1.05. The summed E-state index contributed by atoms with van der Waals surface area (Å²) in [4.78, 5) is 27.1. The highest BCUT2D eigenvalue weighted by Gasteiger charge is 2.34. The van der Waals surface area contributed by atoms with E-state index in [0.717, 1.165) is 0 Å². The first-order valence-corrected chi connectivity index (χ1v) is 12.4. The Labute approximate surface area is 191 Å². The Hall–Kier alpha value is -3.33. The predicted molar refractivity (Wildman–Crippen MR) is 124 cm³/mol. The molecule has 0 aliphatic carbocycles. The van der Waals surface area contributed by atoms with Crippen molar-refractivity contribution in [1.29, 1.82) is 0 Å². The third-order valence-corrected chi connectivity index (χ3v) is 7.46. The van der Waals surface area contributed by atoms with Crippen LogP contribution in [-0.2, 0) is 14.6 Å². The van der Waals surface area contributed by atoms with Gasteiger partial charge >= 0.3 is 0 Å². The number of hydrogen-bond acceptors (Lipinski definition) is 7. The number of para-hydroxylation sites is 1. The van der Waals surface area contributed by atoms with Crippen LogP contribution in [0.15, 0.2) is 57.7 Å². The summed E-state index contributed by atoms with van der Waals surface area (Å²) in [6, 6.07) is 13.3. The molecule has 1 saturated heterocycles. The van der Waals surface area contributed by atoms with Crippen LogP contribution in [0.3, 0.4) is 0 Å². The van der Waals surface area contributed by atoms with Crippen LogP contribution in [0.1, 0.15) is 19.1 Å². The predicted octanol–water partition coefficient (Wildman–Crippen LogP) is 3.31. The van der Waals surface area contributed by atoms with E-state index in [0.29, 0.717) is 34.6 Å². The Morgan fingerprint density at radius 2 is 1.88 bits per heavy atom. The lowest BCUT2D eigenvalue weighted by Gasteiger charge is -2.26. The van der Waals surface area contributed by atoms with E-state index >= 15 is 0 Å². The molecule has 2 aromatic carbocycles. The van der Waals surface area contributed by atoms with Gasteiger partial charge in [-0.3, -0.25) is 9.59 Å². The van der Waals surface area contributed by atoms with Crippen molar-refractivity contribution < 1.29 is 27.1 Å². The molecule has 1 aliphatic heterocycles. The minimum Gasteiger partial charge on any atom is -0.481 e. The molecule has 2 atom stereocenters. The molecule has 3 aromatic rings. The normalized spacial score (nSPS) is 18.1. The number of aryl methyl sites for hydroxylation is 1. The lowest BCUT2D eigenvalue weighted by molar-refractivity contribution is -0.138. The van der Waals surface area contributed by atoms with E-state index in [1.165, 1.54) is 4.90 Å². The molecule has 1 fully saturated rings. The van der Waals surface area contributed by atoms with Gasteiger partial charge in [-0.15, -0.1) is 0 Å². The first kappa shape index (κ1) is 22.8. The van der Waals surface area contributed by atoms with E-state index in [-0.39, 0.29) is 34.6 Å². The first-order valence-electron chi connectivity index (χ1n) is 10.6. The zero-order valence-corrected chi connectivity index (χ0v) is 19.4. The number of ether oxygens (including phenoxy) is 2. The third kappa shape index (κ3) is 4.88. The fourth-order valence-corrected chi connectivity index (χ4v) is 5.64. The van der Waals surface area contributed by atoms with Crippen molar-refractivity contribution in [1.82, 2.24) is 4.90 Å². The second-order valence-corrected chi connectivity index (χ2v) is 10.4. The summed E-state index contributed by atoms with van der Waals surface area (Å²) in [5.41, 5.74) is 0.000700. The molecule has 0 spiro atoms. The molecule has 1 amide bonds. The largest absolute Gasteiger partial charge is 0.481 e. The van der Waals surface area contributed by atoms with E-state index in [1.54, 1.807) is 51.2 Å². The molecule has 4 rings (SSSR count). The van der Waals surface area contributed by atoms with Crippen LogP contribution < -0.4 is 14.9 Å². The SMILES string of the molecule is Cc1oc2cc(O[C@@H](C)C(=O)N(C)[C@@H]3CCS(=O)(=O)C3)ccc2c(=O)c1Oc1ccccc1. The van der Waals surface area contributed by atoms with Gasteiger partial charge in [0, 0.05) is 19.2 Å². The van der Waals surface area contributed by atoms with Crippen molar-refractivity contribution >= 4 is 26.7 Å². The maximum absolute atomic E-state index is 12.9. The molecule has 0 N–H and O–H groups in total. The van der Waals surface area contributed by atoms with Crippen LogP contribution in [0.4, 0.5) is 0 Å². The topological polar surface area (TPSA) is 103 Å². The van der Waals surface area contributed by atoms with Gasteiger partial charge in [-0.25, -0.2) is 8.42 Å². The molecule has 0 unspecified atom stereocenters. The zero-order valence-electron chi connectivity index (χ0n) is 18.6. The highest BCUT2D eigenvalue weighted by Crippen LogP contribution is 2.28. The van der Waals surface area contributed by atoms with Crippen molar-refractivity contribution in [2.75, 3.05) is 18.6 Å². The quantitative estimate of drug-likeness (QED) is 0.543. The number of carbonyl (C=O) groups is 1. The maximum Gasteiger partial charge on any atom is 0.263 e. The smallest absolute Gasteiger partial charge is 0.263 e. The lowest BCUT2D eigenvalue weighted by atomic mass is 10.2. The van der Waals surface area contributed by atoms with E-state index in [1.807, 2.05) is 18.2 Å². The molecule has 0 bridgehead atoms. The Balaban J connectivity index is 1.52. The summed E-state index contributed by atoms with van der Waals surface area (Å²) in [7, 11) is -1.51. The van der Waals surface area contributed by atoms with Crippen LogP contribution in [0.5, 0.6) is 17.2 Å². The van der Waals surface area contributed by atoms with Crippen molar-refractivity contribution in [3.63, 3.8) is 0 Å². The lowest BCUT2D eigenvalue weighted by Crippen LogP contribution is -2.44. The van der Waals surface area contributed by atoms with Crippen molar-refractivity contribution in [3.8, 4) is 17.2 Å². The number of carbonyl (C=O) groups excluding carboxylic acids is 1. The number of amides is 1. The molecular formula is C24H25NO7S. The summed E-state index contributed by atoms with van der Waals surface area (Å²) in [6.07, 6.45) is -0.422. The van der Waals surface area contributed by atoms with Crippen LogP contribution in [0.2, 0.25) is 0 Å². The van der Waals surface area contributed by atoms with Crippen LogP contribution in [0.25, 0.3) is 11.0 Å². The van der Waals surface area contributed by atoms with E-state index in [9.17, 15) is 18.0 Å². The van der Waals surface area contributed by atoms with Gasteiger partial charge < -0.3 is 18.8 Å². The van der Waals surface area contributed by atoms with Gasteiger partial charge in [0.2, 0.25) is 11.2 Å². The summed E-state index contributed by atoms with van der Waals surface area (Å²) in [5, 5.41) is 0.325. The highest BCUT2D eigenvalue weighted by atomic mass is 32.2. The monoisotopic (exact) mass is 471 g/mol. The number of nitrogens with zero attached hydrogens (tertiary/aromatic N) is 1. The molecule has 9 heteroatoms. The summed E-state index contributed by atoms with van der Waals surface area (Å²) in [6.45, 7) is 3.24. The molecule has 33 heavy (non-hydrogen) atoms. The van der Waals surface area contributed by atoms with Gasteiger partial charge in [0.1, 0.15) is 22.8 Å². The molecular weight excluding hydrogens is 446 g/mol. The molecule has 2 heterocycles. The number of fused-ring (bicyclic) bond motifs is 1. The standard InChI is InChI=1S/C24H25NO7S/c1-15-23(32-18-7-5-4-6-8-18)22(26)20-10-9-19(13-21(20)31-15)30-16(2)24(27)25(3)17-11-12-33(28,29)14-17/h4-10,13,16-17H,11-12,14H2,1-3H3/t16-,17+/m0/s1. The average molecular weight is 472 g/mol. The summed E-state index contributed by atoms with van der Waals surface area (Å²) < 4.78 is 40.8. The molecule has 1 aliphatic rings. The van der Waals surface area contributed by atoms with Crippen LogP contribution in [-0.4, -0.2) is 49.9 Å². The van der Waals surface area contributed by atoms with E-state index < -0.39 is 15.9 Å². The van der Waals surface area contributed by atoms with Gasteiger partial charge in [-0.05, 0) is 44.5 Å². The van der Waals surface area contributed by atoms with Gasteiger partial charge in [-0.1, -0.05) is 18.2 Å². The average Bonchev–Trinajstić information content (AvgIpc) is 3.15. The Morgan fingerprint density at radius 1 is 1.15 bits per heavy atom. The van der Waals surface area contributed by atoms with Crippen molar-refractivity contribution in [3.05, 3.63) is 64.5 Å². The Kier molecular flexibility index (Phi) is 6.16. The summed E-state index contributed by atoms with van der Waals surface area (Å²) >= 11 is 0. The van der Waals surface area contributed by atoms with Gasteiger partial charge in [-0.2, -0.15) is 0 Å². The van der Waals surface area contributed by atoms with Gasteiger partial charge in [0.25, 0.3) is 5.91 Å². The fourth-order valence-electron chi connectivity index (χ4n) is 3.87. The van der Waals surface area contributed by atoms with E-state index in [4.69, 9.17) is 13.9 Å². The molecule has 8 nitrogen and oxygen atoms in total. The minimum atomic E-state index is -3.10. The maximum atomic E-state index is 12.9. The molecule has 174 valence electrons. The number of likely N-dealkylation sites (N-methyl/N-ethyl adjacent to an activating group) is 1. The van der Waals surface area contributed by atoms with Crippen LogP contribution in [0, 0.1) is 6.92 Å². The van der Waals surface area contributed by atoms with Crippen LogP contribution >= 0.6 is 0 Å². The Morgan fingerprint density at radius 3 is 2.55 bits per heavy atom. The highest BCUT2D eigenvalue weighted by molar-refractivity contribution is 7.91.